The van der Waals surface area contributed by atoms with E-state index in [4.69, 9.17) is 19.6 Å². The molecule has 3 N–H and O–H groups in total. The van der Waals surface area contributed by atoms with E-state index in [2.05, 4.69) is 4.52 Å². The molecule has 0 aromatic heterocycles. The monoisotopic (exact) mass is 256 g/mol. The first-order chi connectivity index (χ1) is 6.97. The summed E-state index contributed by atoms with van der Waals surface area (Å²) in [6.07, 6.45) is 0. The van der Waals surface area contributed by atoms with Gasteiger partial charge in [-0.25, -0.2) is 4.57 Å². The molecule has 0 heterocycles. The van der Waals surface area contributed by atoms with E-state index in [0.29, 0.717) is 0 Å². The molecule has 0 bridgehead atoms. The van der Waals surface area contributed by atoms with Crippen LogP contribution in [0.2, 0.25) is 0 Å². The van der Waals surface area contributed by atoms with Crippen LogP contribution in [-0.2, 0) is 13.8 Å². The van der Waals surface area contributed by atoms with E-state index in [1.54, 1.807) is 0 Å². The lowest BCUT2D eigenvalue weighted by Gasteiger charge is -2.28. The second-order valence-electron chi connectivity index (χ2n) is 5.16. The average Bonchev–Trinajstić information content (AvgIpc) is 1.98. The Morgan fingerprint density at radius 2 is 1.62 bits per heavy atom. The van der Waals surface area contributed by atoms with Crippen LogP contribution >= 0.6 is 7.82 Å². The Labute approximate surface area is 95.8 Å². The molecule has 0 aromatic carbocycles. The Balaban J connectivity index is 4.06. The van der Waals surface area contributed by atoms with Crippen molar-refractivity contribution in [1.29, 1.82) is 0 Å². The summed E-state index contributed by atoms with van der Waals surface area (Å²) >= 11 is 0. The van der Waals surface area contributed by atoms with Crippen LogP contribution in [0, 0.1) is 5.41 Å². The Morgan fingerprint density at radius 1 is 1.12 bits per heavy atom. The summed E-state index contributed by atoms with van der Waals surface area (Å²) in [5.41, 5.74) is -1.44. The van der Waals surface area contributed by atoms with Crippen LogP contribution in [0.4, 0.5) is 0 Å². The molecule has 0 aliphatic heterocycles. The van der Waals surface area contributed by atoms with Gasteiger partial charge in [0.2, 0.25) is 0 Å². The highest BCUT2D eigenvalue weighted by Gasteiger charge is 2.30. The van der Waals surface area contributed by atoms with E-state index in [9.17, 15) is 4.57 Å². The van der Waals surface area contributed by atoms with Crippen molar-refractivity contribution in [2.75, 3.05) is 19.8 Å². The fraction of sp³-hybridized carbons (Fsp3) is 1.00. The molecule has 0 aliphatic carbocycles. The van der Waals surface area contributed by atoms with Crippen molar-refractivity contribution in [2.24, 2.45) is 5.41 Å². The van der Waals surface area contributed by atoms with Gasteiger partial charge in [0.05, 0.1) is 25.4 Å². The highest BCUT2D eigenvalue weighted by Crippen LogP contribution is 2.41. The van der Waals surface area contributed by atoms with Gasteiger partial charge >= 0.3 is 7.82 Å². The van der Waals surface area contributed by atoms with E-state index in [0.717, 1.165) is 0 Å². The van der Waals surface area contributed by atoms with E-state index in [-0.39, 0.29) is 25.2 Å². The van der Waals surface area contributed by atoms with Gasteiger partial charge < -0.3 is 19.6 Å². The molecule has 0 saturated carbocycles. The molecule has 0 atom stereocenters. The summed E-state index contributed by atoms with van der Waals surface area (Å²) in [5.74, 6) is 0. The van der Waals surface area contributed by atoms with Crippen molar-refractivity contribution in [3.8, 4) is 0 Å². The van der Waals surface area contributed by atoms with Gasteiger partial charge in [-0.05, 0) is 13.8 Å². The molecular formula is C9H21O6P. The van der Waals surface area contributed by atoms with Gasteiger partial charge in [-0.2, -0.15) is 0 Å². The predicted octanol–water partition coefficient (Wildman–Crippen LogP) is 0.909. The van der Waals surface area contributed by atoms with Crippen LogP contribution < -0.4 is 0 Å². The van der Waals surface area contributed by atoms with Crippen molar-refractivity contribution >= 4 is 7.82 Å². The van der Waals surface area contributed by atoms with Gasteiger partial charge in [-0.15, -0.1) is 0 Å². The SMILES string of the molecule is CC(C)(CO)COCC(C)(C)OP(=O)(O)O. The average molecular weight is 256 g/mol. The van der Waals surface area contributed by atoms with Gasteiger partial charge in [-0.1, -0.05) is 13.8 Å². The Kier molecular flexibility index (Phi) is 5.59. The fourth-order valence-electron chi connectivity index (χ4n) is 0.967. The van der Waals surface area contributed by atoms with Crippen LogP contribution in [0.25, 0.3) is 0 Å². The Hall–Kier alpha value is 0.0300. The molecule has 0 aromatic rings. The summed E-state index contributed by atoms with van der Waals surface area (Å²) in [5, 5.41) is 8.97. The maximum Gasteiger partial charge on any atom is 0.470 e. The second-order valence-corrected chi connectivity index (χ2v) is 6.32. The lowest BCUT2D eigenvalue weighted by molar-refractivity contribution is -0.0486. The third kappa shape index (κ3) is 8.21. The molecular weight excluding hydrogens is 235 g/mol. The van der Waals surface area contributed by atoms with E-state index in [1.165, 1.54) is 13.8 Å². The molecule has 0 unspecified atom stereocenters. The molecule has 0 spiro atoms. The highest BCUT2D eigenvalue weighted by molar-refractivity contribution is 7.46. The highest BCUT2D eigenvalue weighted by atomic mass is 31.2. The first-order valence-corrected chi connectivity index (χ1v) is 6.45. The van der Waals surface area contributed by atoms with Crippen molar-refractivity contribution in [3.05, 3.63) is 0 Å². The molecule has 98 valence electrons. The van der Waals surface area contributed by atoms with Crippen LogP contribution in [0.5, 0.6) is 0 Å². The number of ether oxygens (including phenoxy) is 1. The Morgan fingerprint density at radius 3 is 2.00 bits per heavy atom. The molecule has 16 heavy (non-hydrogen) atoms. The molecule has 0 rings (SSSR count). The van der Waals surface area contributed by atoms with Gasteiger partial charge in [0, 0.05) is 5.41 Å². The third-order valence-electron chi connectivity index (χ3n) is 1.74. The number of aliphatic hydroxyl groups is 1. The minimum Gasteiger partial charge on any atom is -0.396 e. The molecule has 0 radical (unpaired) electrons. The number of phosphoric ester groups is 1. The van der Waals surface area contributed by atoms with E-state index >= 15 is 0 Å². The summed E-state index contributed by atoms with van der Waals surface area (Å²) < 4.78 is 20.5. The van der Waals surface area contributed by atoms with Gasteiger partial charge in [-0.3, -0.25) is 4.52 Å². The standard InChI is InChI=1S/C9H21O6P/c1-8(2,5-10)6-14-7-9(3,4)15-16(11,12)13/h10H,5-7H2,1-4H3,(H2,11,12,13). The summed E-state index contributed by atoms with van der Waals surface area (Å²) in [6.45, 7) is 7.01. The zero-order valence-electron chi connectivity index (χ0n) is 10.1. The smallest absolute Gasteiger partial charge is 0.396 e. The van der Waals surface area contributed by atoms with Crippen LogP contribution in [0.1, 0.15) is 27.7 Å². The van der Waals surface area contributed by atoms with Crippen molar-refractivity contribution in [3.63, 3.8) is 0 Å². The number of hydrogen-bond donors (Lipinski definition) is 3. The first kappa shape index (κ1) is 16.0. The zero-order chi connectivity index (χ0) is 13.0. The first-order valence-electron chi connectivity index (χ1n) is 4.92. The fourth-order valence-corrected chi connectivity index (χ4v) is 1.66. The zero-order valence-corrected chi connectivity index (χ0v) is 11.0. The third-order valence-corrected chi connectivity index (χ3v) is 2.47. The van der Waals surface area contributed by atoms with Crippen LogP contribution in [0.15, 0.2) is 0 Å². The lowest BCUT2D eigenvalue weighted by Crippen LogP contribution is -2.33. The molecule has 7 heteroatoms. The van der Waals surface area contributed by atoms with Crippen molar-refractivity contribution < 1.29 is 28.7 Å². The maximum atomic E-state index is 10.6. The predicted molar refractivity (Wildman–Crippen MR) is 58.9 cm³/mol. The minimum absolute atomic E-state index is 0.0211. The van der Waals surface area contributed by atoms with E-state index in [1.807, 2.05) is 13.8 Å². The number of hydrogen-bond acceptors (Lipinski definition) is 4. The summed E-state index contributed by atoms with van der Waals surface area (Å²) in [7, 11) is -4.50. The lowest BCUT2D eigenvalue weighted by atomic mass is 9.96. The number of phosphoric acid groups is 1. The summed E-state index contributed by atoms with van der Waals surface area (Å²) in [6, 6.07) is 0. The van der Waals surface area contributed by atoms with Crippen LogP contribution in [-0.4, -0.2) is 40.3 Å². The molecule has 6 nitrogen and oxygen atoms in total. The van der Waals surface area contributed by atoms with E-state index < -0.39 is 13.4 Å². The van der Waals surface area contributed by atoms with Crippen molar-refractivity contribution in [1.82, 2.24) is 0 Å². The Bertz CT molecular complexity index is 257. The van der Waals surface area contributed by atoms with Crippen molar-refractivity contribution in [2.45, 2.75) is 33.3 Å². The minimum atomic E-state index is -4.50. The largest absolute Gasteiger partial charge is 0.470 e. The second kappa shape index (κ2) is 5.58. The molecule has 0 fully saturated rings. The van der Waals surface area contributed by atoms with Gasteiger partial charge in [0.1, 0.15) is 0 Å². The molecule has 0 amide bonds. The molecule has 0 aliphatic rings. The number of rotatable bonds is 7. The van der Waals surface area contributed by atoms with Crippen LogP contribution in [0.3, 0.4) is 0 Å². The maximum absolute atomic E-state index is 10.6. The topological polar surface area (TPSA) is 96.2 Å². The van der Waals surface area contributed by atoms with Gasteiger partial charge in [0.25, 0.3) is 0 Å². The quantitative estimate of drug-likeness (QED) is 0.586. The number of aliphatic hydroxyl groups excluding tert-OH is 1. The summed E-state index contributed by atoms with van der Waals surface area (Å²) in [4.78, 5) is 17.3. The normalized spacial score (nSPS) is 14.2. The molecule has 0 saturated heterocycles. The van der Waals surface area contributed by atoms with Gasteiger partial charge in [0.15, 0.2) is 0 Å².